The third kappa shape index (κ3) is 3.49. The molecule has 0 radical (unpaired) electrons. The topological polar surface area (TPSA) is 38.0 Å². The van der Waals surface area contributed by atoms with Crippen molar-refractivity contribution >= 4 is 22.9 Å². The molecule has 16 heavy (non-hydrogen) atoms. The number of rotatable bonds is 5. The first kappa shape index (κ1) is 13.0. The van der Waals surface area contributed by atoms with Crippen LogP contribution in [0.25, 0.3) is 0 Å². The number of hydrogen-bond donors (Lipinski definition) is 2. The van der Waals surface area contributed by atoms with Crippen LogP contribution in [0.3, 0.4) is 0 Å². The summed E-state index contributed by atoms with van der Waals surface area (Å²) in [5, 5.41) is 3.50. The highest BCUT2D eigenvalue weighted by atomic mass is 32.1. The van der Waals surface area contributed by atoms with Crippen LogP contribution in [-0.4, -0.2) is 10.5 Å². The summed E-state index contributed by atoms with van der Waals surface area (Å²) in [6.45, 7) is 6.56. The Balaban J connectivity index is 2.92. The summed E-state index contributed by atoms with van der Waals surface area (Å²) in [4.78, 5) is 0.440. The Labute approximate surface area is 103 Å². The summed E-state index contributed by atoms with van der Waals surface area (Å²) in [5.41, 5.74) is 7.70. The predicted octanol–water partition coefficient (Wildman–Crippen LogP) is 3.31. The van der Waals surface area contributed by atoms with Crippen LogP contribution in [0.1, 0.15) is 39.2 Å². The Morgan fingerprint density at radius 2 is 2.00 bits per heavy atom. The molecule has 0 bridgehead atoms. The molecule has 0 saturated heterocycles. The van der Waals surface area contributed by atoms with Gasteiger partial charge in [0, 0.05) is 16.8 Å². The van der Waals surface area contributed by atoms with Crippen molar-refractivity contribution < 1.29 is 0 Å². The molecule has 1 aromatic rings. The molecule has 0 heterocycles. The minimum Gasteiger partial charge on any atom is -0.389 e. The van der Waals surface area contributed by atoms with Gasteiger partial charge in [-0.25, -0.2) is 0 Å². The van der Waals surface area contributed by atoms with Crippen LogP contribution < -0.4 is 11.1 Å². The van der Waals surface area contributed by atoms with E-state index in [1.807, 2.05) is 24.3 Å². The van der Waals surface area contributed by atoms with Gasteiger partial charge in [0.1, 0.15) is 4.99 Å². The van der Waals surface area contributed by atoms with Crippen LogP contribution in [0.15, 0.2) is 24.3 Å². The minimum atomic E-state index is 0.0651. The number of nitrogens with two attached hydrogens (primary N) is 1. The Morgan fingerprint density at radius 1 is 1.38 bits per heavy atom. The lowest BCUT2D eigenvalue weighted by atomic mass is 9.97. The average Bonchev–Trinajstić information content (AvgIpc) is 2.17. The smallest absolute Gasteiger partial charge is 0.106 e. The van der Waals surface area contributed by atoms with Crippen molar-refractivity contribution in [1.82, 2.24) is 0 Å². The van der Waals surface area contributed by atoms with Crippen LogP contribution in [0, 0.1) is 0 Å². The molecule has 1 rings (SSSR count). The quantitative estimate of drug-likeness (QED) is 0.770. The van der Waals surface area contributed by atoms with E-state index >= 15 is 0 Å². The minimum absolute atomic E-state index is 0.0651. The molecule has 0 saturated carbocycles. The zero-order chi connectivity index (χ0) is 12.2. The number of benzene rings is 1. The zero-order valence-electron chi connectivity index (χ0n) is 10.2. The van der Waals surface area contributed by atoms with Gasteiger partial charge in [-0.1, -0.05) is 37.7 Å². The second kappa shape index (κ2) is 5.30. The first-order valence-corrected chi connectivity index (χ1v) is 6.04. The first-order chi connectivity index (χ1) is 7.46. The molecule has 0 amide bonds. The Morgan fingerprint density at radius 3 is 2.56 bits per heavy atom. The predicted molar refractivity (Wildman–Crippen MR) is 74.9 cm³/mol. The third-order valence-electron chi connectivity index (χ3n) is 2.54. The van der Waals surface area contributed by atoms with Crippen molar-refractivity contribution in [2.24, 2.45) is 5.73 Å². The second-order valence-electron chi connectivity index (χ2n) is 4.67. The SMILES string of the molecule is CCCC(C)(C)Nc1ccccc1C(N)=S. The first-order valence-electron chi connectivity index (χ1n) is 5.63. The molecule has 0 aliphatic heterocycles. The summed E-state index contributed by atoms with van der Waals surface area (Å²) < 4.78 is 0. The summed E-state index contributed by atoms with van der Waals surface area (Å²) in [7, 11) is 0. The Kier molecular flexibility index (Phi) is 4.30. The van der Waals surface area contributed by atoms with Crippen molar-refractivity contribution in [2.45, 2.75) is 39.2 Å². The molecule has 1 aromatic carbocycles. The van der Waals surface area contributed by atoms with Crippen molar-refractivity contribution in [1.29, 1.82) is 0 Å². The van der Waals surface area contributed by atoms with Gasteiger partial charge in [-0.3, -0.25) is 0 Å². The van der Waals surface area contributed by atoms with Gasteiger partial charge < -0.3 is 11.1 Å². The lowest BCUT2D eigenvalue weighted by Gasteiger charge is -2.28. The average molecular weight is 236 g/mol. The van der Waals surface area contributed by atoms with E-state index < -0.39 is 0 Å². The fraction of sp³-hybridized carbons (Fsp3) is 0.462. The normalized spacial score (nSPS) is 11.2. The molecule has 0 spiro atoms. The van der Waals surface area contributed by atoms with Crippen LogP contribution in [0.5, 0.6) is 0 Å². The van der Waals surface area contributed by atoms with Gasteiger partial charge in [0.25, 0.3) is 0 Å². The lowest BCUT2D eigenvalue weighted by Crippen LogP contribution is -2.31. The van der Waals surface area contributed by atoms with Crippen molar-refractivity contribution in [3.8, 4) is 0 Å². The number of nitrogens with one attached hydrogen (secondary N) is 1. The van der Waals surface area contributed by atoms with E-state index in [0.717, 1.165) is 24.1 Å². The third-order valence-corrected chi connectivity index (χ3v) is 2.76. The van der Waals surface area contributed by atoms with E-state index in [-0.39, 0.29) is 5.54 Å². The van der Waals surface area contributed by atoms with E-state index in [2.05, 4.69) is 26.1 Å². The van der Waals surface area contributed by atoms with E-state index in [1.165, 1.54) is 0 Å². The maximum atomic E-state index is 5.70. The standard InChI is InChI=1S/C13H20N2S/c1-4-9-13(2,3)15-11-8-6-5-7-10(11)12(14)16/h5-8,15H,4,9H2,1-3H3,(H2,14,16). The highest BCUT2D eigenvalue weighted by Crippen LogP contribution is 2.22. The fourth-order valence-electron chi connectivity index (χ4n) is 1.86. The summed E-state index contributed by atoms with van der Waals surface area (Å²) in [5.74, 6) is 0. The molecule has 3 heteroatoms. The van der Waals surface area contributed by atoms with Gasteiger partial charge >= 0.3 is 0 Å². The van der Waals surface area contributed by atoms with Crippen molar-refractivity contribution in [3.63, 3.8) is 0 Å². The molecular formula is C13H20N2S. The van der Waals surface area contributed by atoms with E-state index in [1.54, 1.807) is 0 Å². The van der Waals surface area contributed by atoms with E-state index in [9.17, 15) is 0 Å². The van der Waals surface area contributed by atoms with E-state index in [0.29, 0.717) is 4.99 Å². The molecule has 0 aliphatic rings. The molecule has 3 N–H and O–H groups in total. The molecule has 0 atom stereocenters. The molecule has 2 nitrogen and oxygen atoms in total. The molecule has 0 aromatic heterocycles. The Bertz CT molecular complexity index is 372. The van der Waals surface area contributed by atoms with Crippen molar-refractivity contribution in [3.05, 3.63) is 29.8 Å². The van der Waals surface area contributed by atoms with Gasteiger partial charge in [0.2, 0.25) is 0 Å². The second-order valence-corrected chi connectivity index (χ2v) is 5.11. The van der Waals surface area contributed by atoms with Crippen LogP contribution in [0.4, 0.5) is 5.69 Å². The maximum absolute atomic E-state index is 5.70. The molecular weight excluding hydrogens is 216 g/mol. The van der Waals surface area contributed by atoms with E-state index in [4.69, 9.17) is 18.0 Å². The maximum Gasteiger partial charge on any atom is 0.106 e. The highest BCUT2D eigenvalue weighted by molar-refractivity contribution is 7.80. The molecule has 88 valence electrons. The molecule has 0 fully saturated rings. The van der Waals surface area contributed by atoms with Gasteiger partial charge in [-0.2, -0.15) is 0 Å². The summed E-state index contributed by atoms with van der Waals surface area (Å²) in [6, 6.07) is 7.91. The summed E-state index contributed by atoms with van der Waals surface area (Å²) >= 11 is 5.04. The largest absolute Gasteiger partial charge is 0.389 e. The van der Waals surface area contributed by atoms with Crippen LogP contribution in [0.2, 0.25) is 0 Å². The Hall–Kier alpha value is -1.09. The van der Waals surface area contributed by atoms with Crippen molar-refractivity contribution in [2.75, 3.05) is 5.32 Å². The van der Waals surface area contributed by atoms with Crippen LogP contribution in [-0.2, 0) is 0 Å². The van der Waals surface area contributed by atoms with Gasteiger partial charge in [0.15, 0.2) is 0 Å². The summed E-state index contributed by atoms with van der Waals surface area (Å²) in [6.07, 6.45) is 2.26. The monoisotopic (exact) mass is 236 g/mol. The molecule has 0 unspecified atom stereocenters. The lowest BCUT2D eigenvalue weighted by molar-refractivity contribution is 0.511. The highest BCUT2D eigenvalue weighted by Gasteiger charge is 2.17. The number of anilines is 1. The number of thiocarbonyl (C=S) groups is 1. The fourth-order valence-corrected chi connectivity index (χ4v) is 2.04. The number of para-hydroxylation sites is 1. The van der Waals surface area contributed by atoms with Gasteiger partial charge in [-0.05, 0) is 32.4 Å². The van der Waals surface area contributed by atoms with Gasteiger partial charge in [-0.15, -0.1) is 0 Å². The zero-order valence-corrected chi connectivity index (χ0v) is 11.0. The molecule has 0 aliphatic carbocycles. The van der Waals surface area contributed by atoms with Gasteiger partial charge in [0.05, 0.1) is 0 Å². The van der Waals surface area contributed by atoms with Crippen LogP contribution >= 0.6 is 12.2 Å². The number of hydrogen-bond acceptors (Lipinski definition) is 2.